The third-order valence-electron chi connectivity index (χ3n) is 3.29. The highest BCUT2D eigenvalue weighted by molar-refractivity contribution is 5.87. The van der Waals surface area contributed by atoms with E-state index in [0.717, 1.165) is 19.0 Å². The van der Waals surface area contributed by atoms with Crippen LogP contribution in [0, 0.1) is 5.92 Å². The Labute approximate surface area is 113 Å². The molecule has 4 heteroatoms. The van der Waals surface area contributed by atoms with Gasteiger partial charge in [-0.2, -0.15) is 0 Å². The lowest BCUT2D eigenvalue weighted by Crippen LogP contribution is -2.22. The molecule has 0 aliphatic heterocycles. The van der Waals surface area contributed by atoms with Gasteiger partial charge in [-0.25, -0.2) is 4.79 Å². The molecule has 1 aromatic rings. The monoisotopic (exact) mass is 263 g/mol. The lowest BCUT2D eigenvalue weighted by Gasteiger charge is -2.08. The second kappa shape index (κ2) is 7.14. The van der Waals surface area contributed by atoms with E-state index < -0.39 is 5.97 Å². The molecule has 19 heavy (non-hydrogen) atoms. The zero-order chi connectivity index (χ0) is 13.5. The fourth-order valence-electron chi connectivity index (χ4n) is 2.01. The molecule has 0 aromatic heterocycles. The van der Waals surface area contributed by atoms with Crippen LogP contribution in [0.25, 0.3) is 0 Å². The predicted octanol–water partition coefficient (Wildman–Crippen LogP) is 2.54. The highest BCUT2D eigenvalue weighted by Crippen LogP contribution is 2.33. The first kappa shape index (κ1) is 13.9. The van der Waals surface area contributed by atoms with Crippen molar-refractivity contribution in [3.63, 3.8) is 0 Å². The number of carboxylic acids is 1. The van der Waals surface area contributed by atoms with Crippen molar-refractivity contribution in [2.75, 3.05) is 19.7 Å². The summed E-state index contributed by atoms with van der Waals surface area (Å²) in [7, 11) is 0. The van der Waals surface area contributed by atoms with Crippen LogP contribution in [0.15, 0.2) is 24.3 Å². The van der Waals surface area contributed by atoms with Gasteiger partial charge in [0.15, 0.2) is 0 Å². The van der Waals surface area contributed by atoms with Gasteiger partial charge in [0, 0.05) is 6.54 Å². The van der Waals surface area contributed by atoms with E-state index in [0.29, 0.717) is 12.4 Å². The van der Waals surface area contributed by atoms with Gasteiger partial charge in [0.1, 0.15) is 12.4 Å². The number of hydrogen-bond donors (Lipinski definition) is 2. The SMILES string of the molecule is O=C(O)c1cccc(OCCNCCCC2CC2)c1. The molecule has 1 aromatic carbocycles. The third kappa shape index (κ3) is 5.30. The number of carbonyl (C=O) groups is 1. The van der Waals surface area contributed by atoms with Crippen LogP contribution in [0.4, 0.5) is 0 Å². The van der Waals surface area contributed by atoms with E-state index in [1.54, 1.807) is 24.3 Å². The van der Waals surface area contributed by atoms with E-state index in [1.807, 2.05) is 0 Å². The van der Waals surface area contributed by atoms with Crippen LogP contribution in [0.2, 0.25) is 0 Å². The summed E-state index contributed by atoms with van der Waals surface area (Å²) in [5.74, 6) is 0.681. The number of hydrogen-bond acceptors (Lipinski definition) is 3. The molecule has 0 bridgehead atoms. The smallest absolute Gasteiger partial charge is 0.335 e. The molecule has 0 radical (unpaired) electrons. The summed E-state index contributed by atoms with van der Waals surface area (Å²) in [4.78, 5) is 10.8. The topological polar surface area (TPSA) is 58.6 Å². The maximum atomic E-state index is 10.8. The van der Waals surface area contributed by atoms with Crippen LogP contribution in [0.5, 0.6) is 5.75 Å². The molecule has 0 saturated heterocycles. The summed E-state index contributed by atoms with van der Waals surface area (Å²) in [6.07, 6.45) is 5.42. The predicted molar refractivity (Wildman–Crippen MR) is 73.7 cm³/mol. The first-order chi connectivity index (χ1) is 9.25. The first-order valence-corrected chi connectivity index (χ1v) is 6.92. The standard InChI is InChI=1S/C15H21NO3/c17-15(18)13-4-1-5-14(11-13)19-10-9-16-8-2-3-12-6-7-12/h1,4-5,11-12,16H,2-3,6-10H2,(H,17,18). The molecule has 1 aliphatic carbocycles. The summed E-state index contributed by atoms with van der Waals surface area (Å²) in [5.41, 5.74) is 0.259. The molecule has 0 spiro atoms. The Kier molecular flexibility index (Phi) is 5.21. The lowest BCUT2D eigenvalue weighted by molar-refractivity contribution is 0.0696. The normalized spacial score (nSPS) is 14.3. The Bertz CT molecular complexity index is 416. The van der Waals surface area contributed by atoms with Crippen molar-refractivity contribution in [1.82, 2.24) is 5.32 Å². The van der Waals surface area contributed by atoms with Gasteiger partial charge in [0.2, 0.25) is 0 Å². The van der Waals surface area contributed by atoms with Gasteiger partial charge in [-0.1, -0.05) is 18.9 Å². The van der Waals surface area contributed by atoms with Crippen LogP contribution in [0.1, 0.15) is 36.0 Å². The molecule has 0 unspecified atom stereocenters. The van der Waals surface area contributed by atoms with Crippen LogP contribution in [-0.2, 0) is 0 Å². The van der Waals surface area contributed by atoms with Gasteiger partial charge in [-0.3, -0.25) is 0 Å². The highest BCUT2D eigenvalue weighted by atomic mass is 16.5. The number of rotatable bonds is 9. The minimum Gasteiger partial charge on any atom is -0.492 e. The minimum absolute atomic E-state index is 0.259. The zero-order valence-corrected chi connectivity index (χ0v) is 11.1. The molecular formula is C15H21NO3. The average molecular weight is 263 g/mol. The highest BCUT2D eigenvalue weighted by Gasteiger charge is 2.19. The fraction of sp³-hybridized carbons (Fsp3) is 0.533. The van der Waals surface area contributed by atoms with Crippen molar-refractivity contribution >= 4 is 5.97 Å². The van der Waals surface area contributed by atoms with E-state index in [2.05, 4.69) is 5.32 Å². The molecule has 104 valence electrons. The van der Waals surface area contributed by atoms with Crippen LogP contribution < -0.4 is 10.1 Å². The first-order valence-electron chi connectivity index (χ1n) is 6.92. The summed E-state index contributed by atoms with van der Waals surface area (Å²) in [6.45, 7) is 2.39. The van der Waals surface area contributed by atoms with Crippen molar-refractivity contribution < 1.29 is 14.6 Å². The molecule has 1 aliphatic rings. The van der Waals surface area contributed by atoms with E-state index in [-0.39, 0.29) is 5.56 Å². The van der Waals surface area contributed by atoms with Crippen LogP contribution >= 0.6 is 0 Å². The molecular weight excluding hydrogens is 242 g/mol. The summed E-state index contributed by atoms with van der Waals surface area (Å²) in [6, 6.07) is 6.59. The van der Waals surface area contributed by atoms with Gasteiger partial charge >= 0.3 is 5.97 Å². The second-order valence-corrected chi connectivity index (χ2v) is 5.02. The van der Waals surface area contributed by atoms with Crippen LogP contribution in [0.3, 0.4) is 0 Å². The van der Waals surface area contributed by atoms with E-state index in [4.69, 9.17) is 9.84 Å². The Morgan fingerprint density at radius 3 is 2.95 bits per heavy atom. The fourth-order valence-corrected chi connectivity index (χ4v) is 2.01. The zero-order valence-electron chi connectivity index (χ0n) is 11.1. The number of benzene rings is 1. The Morgan fingerprint density at radius 2 is 2.21 bits per heavy atom. The largest absolute Gasteiger partial charge is 0.492 e. The Hall–Kier alpha value is -1.55. The molecule has 2 N–H and O–H groups in total. The van der Waals surface area contributed by atoms with Gasteiger partial charge in [-0.05, 0) is 43.5 Å². The molecule has 4 nitrogen and oxygen atoms in total. The second-order valence-electron chi connectivity index (χ2n) is 5.02. The number of aromatic carboxylic acids is 1. The average Bonchev–Trinajstić information content (AvgIpc) is 3.22. The van der Waals surface area contributed by atoms with Crippen LogP contribution in [-0.4, -0.2) is 30.8 Å². The molecule has 0 heterocycles. The van der Waals surface area contributed by atoms with E-state index in [1.165, 1.54) is 25.7 Å². The van der Waals surface area contributed by atoms with Crippen molar-refractivity contribution in [3.05, 3.63) is 29.8 Å². The molecule has 2 rings (SSSR count). The minimum atomic E-state index is -0.927. The molecule has 0 atom stereocenters. The van der Waals surface area contributed by atoms with Crippen molar-refractivity contribution in [2.24, 2.45) is 5.92 Å². The van der Waals surface area contributed by atoms with Gasteiger partial charge < -0.3 is 15.2 Å². The molecule has 1 fully saturated rings. The maximum Gasteiger partial charge on any atom is 0.335 e. The maximum absolute atomic E-state index is 10.8. The number of ether oxygens (including phenoxy) is 1. The van der Waals surface area contributed by atoms with Crippen molar-refractivity contribution in [3.8, 4) is 5.75 Å². The molecule has 1 saturated carbocycles. The summed E-state index contributed by atoms with van der Waals surface area (Å²) < 4.78 is 5.51. The quantitative estimate of drug-likeness (QED) is 0.672. The Morgan fingerprint density at radius 1 is 1.37 bits per heavy atom. The lowest BCUT2D eigenvalue weighted by atomic mass is 10.2. The Balaban J connectivity index is 1.56. The number of nitrogens with one attached hydrogen (secondary N) is 1. The van der Waals surface area contributed by atoms with E-state index >= 15 is 0 Å². The summed E-state index contributed by atoms with van der Waals surface area (Å²) in [5, 5.41) is 12.2. The van der Waals surface area contributed by atoms with Gasteiger partial charge in [0.25, 0.3) is 0 Å². The number of carboxylic acid groups (broad SMARTS) is 1. The van der Waals surface area contributed by atoms with E-state index in [9.17, 15) is 4.79 Å². The third-order valence-corrected chi connectivity index (χ3v) is 3.29. The molecule has 0 amide bonds. The van der Waals surface area contributed by atoms with Gasteiger partial charge in [-0.15, -0.1) is 0 Å². The summed E-state index contributed by atoms with van der Waals surface area (Å²) >= 11 is 0. The van der Waals surface area contributed by atoms with Gasteiger partial charge in [0.05, 0.1) is 5.56 Å². The van der Waals surface area contributed by atoms with Crippen molar-refractivity contribution in [2.45, 2.75) is 25.7 Å². The van der Waals surface area contributed by atoms with Crippen molar-refractivity contribution in [1.29, 1.82) is 0 Å².